The van der Waals surface area contributed by atoms with Crippen LogP contribution in [0.1, 0.15) is 83.1 Å². The standard InChI is InChI=1S/C25H24BN3O2.C19H12BrN3.C12H24B2O4/c1-24(2)25(3,4)31-26(30-24)17-10-9-11-18(16-17)28-21-14-7-8-15-22(21)29-20-13-6-5-12-19(20)27-23(28)29;20-13-6-5-7-14(12-13)22-17-10-3-4-11-18(17)23-16-9-2-1-8-15(16)21-19(22)23;1-9(2)10(3,4)16-13(15-9)14-17-11(5,6)12(7,8)18-14/h5-16H,1-4H3;1-12H;1-8H3. The summed E-state index contributed by atoms with van der Waals surface area (Å²) >= 11 is 3.57. The molecule has 16 heteroatoms. The van der Waals surface area contributed by atoms with E-state index in [9.17, 15) is 0 Å². The highest BCUT2D eigenvalue weighted by molar-refractivity contribution is 9.10. The third-order valence-electron chi connectivity index (χ3n) is 15.7. The molecule has 0 saturated carbocycles. The van der Waals surface area contributed by atoms with Crippen LogP contribution in [0, 0.1) is 0 Å². The first-order valence-electron chi connectivity index (χ1n) is 24.7. The highest BCUT2D eigenvalue weighted by atomic mass is 79.9. The zero-order valence-corrected chi connectivity index (χ0v) is 44.7. The predicted octanol–water partition coefficient (Wildman–Crippen LogP) is 12.2. The van der Waals surface area contributed by atoms with E-state index >= 15 is 0 Å². The van der Waals surface area contributed by atoms with Crippen molar-refractivity contribution in [2.75, 3.05) is 0 Å². The van der Waals surface area contributed by atoms with Gasteiger partial charge in [0.1, 0.15) is 0 Å². The van der Waals surface area contributed by atoms with Crippen molar-refractivity contribution in [3.8, 4) is 11.4 Å². The fourth-order valence-corrected chi connectivity index (χ4v) is 10.0. The van der Waals surface area contributed by atoms with Gasteiger partial charge in [-0.15, -0.1) is 0 Å². The second kappa shape index (κ2) is 17.2. The Hall–Kier alpha value is -5.71. The number of hydrogen-bond acceptors (Lipinski definition) is 8. The molecular formula is C56H60B3BrN6O6. The molecule has 0 spiro atoms. The van der Waals surface area contributed by atoms with Crippen molar-refractivity contribution in [1.29, 1.82) is 0 Å². The number of rotatable bonds is 4. The highest BCUT2D eigenvalue weighted by Crippen LogP contribution is 2.43. The van der Waals surface area contributed by atoms with Crippen LogP contribution >= 0.6 is 15.9 Å². The minimum atomic E-state index is -0.476. The first-order valence-corrected chi connectivity index (χ1v) is 25.5. The fourth-order valence-electron chi connectivity index (χ4n) is 9.62. The van der Waals surface area contributed by atoms with Gasteiger partial charge in [-0.05, 0) is 167 Å². The van der Waals surface area contributed by atoms with Gasteiger partial charge in [-0.3, -0.25) is 17.9 Å². The van der Waals surface area contributed by atoms with Crippen LogP contribution < -0.4 is 5.46 Å². The Morgan fingerprint density at radius 1 is 0.375 bits per heavy atom. The van der Waals surface area contributed by atoms with Gasteiger partial charge >= 0.3 is 21.1 Å². The summed E-state index contributed by atoms with van der Waals surface area (Å²) in [4.78, 5) is 9.83. The van der Waals surface area contributed by atoms with Gasteiger partial charge in [0.05, 0.1) is 83.4 Å². The Balaban J connectivity index is 0.000000122. The van der Waals surface area contributed by atoms with E-state index in [0.29, 0.717) is 0 Å². The van der Waals surface area contributed by atoms with Crippen LogP contribution in [-0.2, 0) is 27.9 Å². The molecule has 366 valence electrons. The summed E-state index contributed by atoms with van der Waals surface area (Å²) in [5.74, 6) is 1.83. The third-order valence-corrected chi connectivity index (χ3v) is 16.2. The number of hydrogen-bond donors (Lipinski definition) is 0. The normalized spacial score (nSPS) is 19.4. The molecule has 13 rings (SSSR count). The van der Waals surface area contributed by atoms with E-state index in [1.165, 1.54) is 0 Å². The van der Waals surface area contributed by atoms with Gasteiger partial charge in [-0.2, -0.15) is 0 Å². The average molecular weight is 1030 g/mol. The molecule has 0 bridgehead atoms. The van der Waals surface area contributed by atoms with Gasteiger partial charge in [-0.1, -0.05) is 82.7 Å². The van der Waals surface area contributed by atoms with Gasteiger partial charge in [0.15, 0.2) is 0 Å². The lowest BCUT2D eigenvalue weighted by atomic mass is 9.49. The van der Waals surface area contributed by atoms with Crippen LogP contribution in [0.4, 0.5) is 0 Å². The van der Waals surface area contributed by atoms with E-state index in [0.717, 1.165) is 77.0 Å². The molecule has 3 saturated heterocycles. The van der Waals surface area contributed by atoms with Crippen LogP contribution in [0.5, 0.6) is 0 Å². The summed E-state index contributed by atoms with van der Waals surface area (Å²) in [5, 5.41) is 0. The van der Waals surface area contributed by atoms with Crippen molar-refractivity contribution in [3.05, 3.63) is 150 Å². The van der Waals surface area contributed by atoms with Crippen LogP contribution in [0.15, 0.2) is 150 Å². The lowest BCUT2D eigenvalue weighted by Gasteiger charge is -2.32. The Bertz CT molecular complexity index is 3620. The summed E-state index contributed by atoms with van der Waals surface area (Å²) in [6, 6.07) is 50.1. The molecule has 0 atom stereocenters. The van der Waals surface area contributed by atoms with E-state index in [1.807, 2.05) is 79.7 Å². The van der Waals surface area contributed by atoms with E-state index in [-0.39, 0.29) is 33.6 Å². The largest absolute Gasteiger partial charge is 0.494 e. The summed E-state index contributed by atoms with van der Waals surface area (Å²) in [7, 11) is -1.35. The lowest BCUT2D eigenvalue weighted by Crippen LogP contribution is -2.41. The topological polar surface area (TPSA) is 99.8 Å². The number of para-hydroxylation sites is 8. The maximum Gasteiger partial charge on any atom is 0.494 e. The third kappa shape index (κ3) is 8.01. The molecule has 3 aliphatic rings. The zero-order valence-electron chi connectivity index (χ0n) is 43.1. The van der Waals surface area contributed by atoms with E-state index in [1.54, 1.807) is 0 Å². The number of imidazole rings is 4. The van der Waals surface area contributed by atoms with E-state index in [2.05, 4.69) is 183 Å². The van der Waals surface area contributed by atoms with E-state index in [4.69, 9.17) is 37.9 Å². The van der Waals surface area contributed by atoms with Crippen molar-refractivity contribution in [2.24, 2.45) is 0 Å². The fraction of sp³-hybridized carbons (Fsp3) is 0.321. The Kier molecular flexibility index (Phi) is 11.6. The zero-order chi connectivity index (χ0) is 50.8. The summed E-state index contributed by atoms with van der Waals surface area (Å²) in [6.07, 6.45) is 0. The first-order chi connectivity index (χ1) is 34.1. The number of halogens is 1. The number of nitrogens with zero attached hydrogens (tertiary/aromatic N) is 6. The minimum Gasteiger partial charge on any atom is -0.405 e. The second-order valence-electron chi connectivity index (χ2n) is 22.0. The SMILES string of the molecule is Brc1cccc(-n2c3ccccc3n3c4ccccc4nc23)c1.CC1(C)OB(B2OC(C)(C)C(C)(C)O2)OC1(C)C.CC1(C)OB(c2cccc(-n3c4ccccc4n4c5ccccc5nc34)c2)OC1(C)C. The van der Waals surface area contributed by atoms with Gasteiger partial charge in [0.2, 0.25) is 11.6 Å². The molecule has 3 aliphatic heterocycles. The monoisotopic (exact) mass is 1020 g/mol. The average Bonchev–Trinajstić information content (AvgIpc) is 4.16. The molecule has 0 N–H and O–H groups in total. The van der Waals surface area contributed by atoms with Crippen molar-refractivity contribution in [3.63, 3.8) is 0 Å². The van der Waals surface area contributed by atoms with Gasteiger partial charge < -0.3 is 27.9 Å². The van der Waals surface area contributed by atoms with Crippen molar-refractivity contribution < 1.29 is 27.9 Å². The molecule has 0 radical (unpaired) electrons. The quantitative estimate of drug-likeness (QED) is 0.161. The second-order valence-corrected chi connectivity index (χ2v) is 22.9. The summed E-state index contributed by atoms with van der Waals surface area (Å²) in [6.45, 7) is 24.5. The van der Waals surface area contributed by atoms with Crippen LogP contribution in [0.2, 0.25) is 0 Å². The predicted molar refractivity (Wildman–Crippen MR) is 295 cm³/mol. The number of aromatic nitrogens is 6. The maximum absolute atomic E-state index is 6.29. The van der Waals surface area contributed by atoms with Crippen LogP contribution in [0.3, 0.4) is 0 Å². The molecule has 3 fully saturated rings. The molecule has 4 aromatic heterocycles. The van der Waals surface area contributed by atoms with Gasteiger partial charge in [0, 0.05) is 10.2 Å². The van der Waals surface area contributed by atoms with E-state index < -0.39 is 21.1 Å². The molecule has 7 heterocycles. The smallest absolute Gasteiger partial charge is 0.405 e. The van der Waals surface area contributed by atoms with Crippen LogP contribution in [0.25, 0.3) is 67.1 Å². The summed E-state index contributed by atoms with van der Waals surface area (Å²) < 4.78 is 46.4. The lowest BCUT2D eigenvalue weighted by molar-refractivity contribution is 0.00578. The minimum absolute atomic E-state index is 0.360. The van der Waals surface area contributed by atoms with Crippen LogP contribution in [-0.4, -0.2) is 82.6 Å². The molecule has 72 heavy (non-hydrogen) atoms. The molecule has 0 amide bonds. The molecule has 10 aromatic rings. The van der Waals surface area contributed by atoms with Crippen molar-refractivity contribution >= 4 is 98.2 Å². The van der Waals surface area contributed by atoms with Gasteiger partial charge in [-0.25, -0.2) is 9.97 Å². The Labute approximate surface area is 430 Å². The molecular weight excluding hydrogens is 965 g/mol. The number of fused-ring (bicyclic) bond motifs is 10. The molecule has 0 aliphatic carbocycles. The molecule has 12 nitrogen and oxygen atoms in total. The molecule has 0 unspecified atom stereocenters. The van der Waals surface area contributed by atoms with Crippen molar-refractivity contribution in [2.45, 2.75) is 117 Å². The van der Waals surface area contributed by atoms with Gasteiger partial charge in [0.25, 0.3) is 0 Å². The first kappa shape index (κ1) is 48.6. The number of benzene rings is 6. The maximum atomic E-state index is 6.29. The highest BCUT2D eigenvalue weighted by Gasteiger charge is 2.63. The Morgan fingerprint density at radius 2 is 0.722 bits per heavy atom. The molecule has 6 aromatic carbocycles. The Morgan fingerprint density at radius 3 is 1.14 bits per heavy atom. The van der Waals surface area contributed by atoms with Crippen molar-refractivity contribution in [1.82, 2.24) is 27.9 Å². The summed E-state index contributed by atoms with van der Waals surface area (Å²) in [5.41, 5.74) is 9.74.